The molecule has 1 aliphatic rings. The van der Waals surface area contributed by atoms with Gasteiger partial charge in [0.05, 0.1) is 0 Å². The normalized spacial score (nSPS) is 15.6. The SMILES string of the molecule is CC(C)(C)OC(=O)N1CC=C(c2cnc(N)c(F)c2)CC1. The molecular weight excluding hydrogens is 273 g/mol. The zero-order valence-electron chi connectivity index (χ0n) is 12.5. The Labute approximate surface area is 123 Å². The van der Waals surface area contributed by atoms with Gasteiger partial charge in [-0.15, -0.1) is 0 Å². The second-order valence-corrected chi connectivity index (χ2v) is 6.00. The van der Waals surface area contributed by atoms with Crippen molar-refractivity contribution in [1.82, 2.24) is 9.88 Å². The summed E-state index contributed by atoms with van der Waals surface area (Å²) in [7, 11) is 0. The van der Waals surface area contributed by atoms with Gasteiger partial charge in [0.15, 0.2) is 11.6 Å². The molecule has 0 bridgehead atoms. The van der Waals surface area contributed by atoms with Gasteiger partial charge in [0.2, 0.25) is 0 Å². The van der Waals surface area contributed by atoms with Gasteiger partial charge in [-0.2, -0.15) is 0 Å². The molecule has 0 spiro atoms. The third-order valence-electron chi connectivity index (χ3n) is 3.10. The Hall–Kier alpha value is -2.11. The van der Waals surface area contributed by atoms with E-state index in [0.717, 1.165) is 5.57 Å². The van der Waals surface area contributed by atoms with Crippen molar-refractivity contribution in [2.45, 2.75) is 32.8 Å². The predicted molar refractivity (Wildman–Crippen MR) is 79.0 cm³/mol. The van der Waals surface area contributed by atoms with Crippen LogP contribution in [0, 0.1) is 5.82 Å². The van der Waals surface area contributed by atoms with Crippen LogP contribution in [0.1, 0.15) is 32.8 Å². The number of hydrogen-bond acceptors (Lipinski definition) is 4. The van der Waals surface area contributed by atoms with Crippen molar-refractivity contribution < 1.29 is 13.9 Å². The molecule has 6 heteroatoms. The molecule has 1 aromatic rings. The molecule has 0 radical (unpaired) electrons. The number of rotatable bonds is 1. The minimum absolute atomic E-state index is 0.106. The maximum absolute atomic E-state index is 13.4. The van der Waals surface area contributed by atoms with E-state index >= 15 is 0 Å². The molecule has 0 aliphatic carbocycles. The molecule has 5 nitrogen and oxygen atoms in total. The van der Waals surface area contributed by atoms with Crippen LogP contribution in [-0.4, -0.2) is 34.7 Å². The topological polar surface area (TPSA) is 68.5 Å². The average molecular weight is 293 g/mol. The van der Waals surface area contributed by atoms with E-state index in [-0.39, 0.29) is 11.9 Å². The Balaban J connectivity index is 2.05. The molecule has 0 atom stereocenters. The fourth-order valence-electron chi connectivity index (χ4n) is 2.05. The number of nitrogens with two attached hydrogens (primary N) is 1. The smallest absolute Gasteiger partial charge is 0.410 e. The standard InChI is InChI=1S/C15H20FN3O2/c1-15(2,3)21-14(20)19-6-4-10(5-7-19)11-8-12(16)13(17)18-9-11/h4,8-9H,5-7H2,1-3H3,(H2,17,18). The zero-order valence-corrected chi connectivity index (χ0v) is 12.5. The van der Waals surface area contributed by atoms with E-state index in [1.54, 1.807) is 11.1 Å². The van der Waals surface area contributed by atoms with Gasteiger partial charge < -0.3 is 15.4 Å². The third kappa shape index (κ3) is 3.93. The van der Waals surface area contributed by atoms with Crippen LogP contribution in [0.5, 0.6) is 0 Å². The number of ether oxygens (including phenoxy) is 1. The summed E-state index contributed by atoms with van der Waals surface area (Å²) in [6, 6.07) is 1.37. The van der Waals surface area contributed by atoms with E-state index in [1.807, 2.05) is 26.8 Å². The van der Waals surface area contributed by atoms with Gasteiger partial charge in [-0.25, -0.2) is 14.2 Å². The van der Waals surface area contributed by atoms with E-state index in [2.05, 4.69) is 4.98 Å². The van der Waals surface area contributed by atoms with Gasteiger partial charge in [-0.3, -0.25) is 0 Å². The second-order valence-electron chi connectivity index (χ2n) is 6.00. The number of hydrogen-bond donors (Lipinski definition) is 1. The molecule has 1 aromatic heterocycles. The van der Waals surface area contributed by atoms with Crippen molar-refractivity contribution in [2.75, 3.05) is 18.8 Å². The van der Waals surface area contributed by atoms with Gasteiger partial charge in [0, 0.05) is 19.3 Å². The molecule has 1 aliphatic heterocycles. The lowest BCUT2D eigenvalue weighted by Crippen LogP contribution is -2.39. The quantitative estimate of drug-likeness (QED) is 0.864. The first-order chi connectivity index (χ1) is 9.76. The number of pyridine rings is 1. The summed E-state index contributed by atoms with van der Waals surface area (Å²) in [6.07, 6.45) is 3.73. The third-order valence-corrected chi connectivity index (χ3v) is 3.10. The fraction of sp³-hybridized carbons (Fsp3) is 0.467. The number of anilines is 1. The van der Waals surface area contributed by atoms with Crippen LogP contribution in [0.3, 0.4) is 0 Å². The summed E-state index contributed by atoms with van der Waals surface area (Å²) in [5.74, 6) is -0.631. The number of nitrogen functional groups attached to an aromatic ring is 1. The summed E-state index contributed by atoms with van der Waals surface area (Å²) in [5, 5.41) is 0. The van der Waals surface area contributed by atoms with E-state index in [1.165, 1.54) is 6.07 Å². The second kappa shape index (κ2) is 5.71. The van der Waals surface area contributed by atoms with Crippen molar-refractivity contribution in [2.24, 2.45) is 0 Å². The Morgan fingerprint density at radius 3 is 2.71 bits per heavy atom. The lowest BCUT2D eigenvalue weighted by atomic mass is 10.0. The lowest BCUT2D eigenvalue weighted by Gasteiger charge is -2.29. The largest absolute Gasteiger partial charge is 0.444 e. The molecule has 21 heavy (non-hydrogen) atoms. The Bertz CT molecular complexity index is 579. The number of carbonyl (C=O) groups excluding carboxylic acids is 1. The molecule has 0 unspecified atom stereocenters. The van der Waals surface area contributed by atoms with Crippen molar-refractivity contribution in [3.8, 4) is 0 Å². The summed E-state index contributed by atoms with van der Waals surface area (Å²) in [5.41, 5.74) is 6.51. The first-order valence-electron chi connectivity index (χ1n) is 6.84. The number of carbonyl (C=O) groups is 1. The maximum Gasteiger partial charge on any atom is 0.410 e. The van der Waals surface area contributed by atoms with Gasteiger partial charge in [-0.05, 0) is 44.4 Å². The van der Waals surface area contributed by atoms with Gasteiger partial charge >= 0.3 is 6.09 Å². The lowest BCUT2D eigenvalue weighted by molar-refractivity contribution is 0.0270. The molecule has 0 fully saturated rings. The molecule has 0 saturated heterocycles. The van der Waals surface area contributed by atoms with Gasteiger partial charge in [0.25, 0.3) is 0 Å². The molecule has 114 valence electrons. The van der Waals surface area contributed by atoms with Crippen molar-refractivity contribution in [3.63, 3.8) is 0 Å². The van der Waals surface area contributed by atoms with Gasteiger partial charge in [0.1, 0.15) is 5.60 Å². The Morgan fingerprint density at radius 2 is 2.19 bits per heavy atom. The van der Waals surface area contributed by atoms with Crippen molar-refractivity contribution in [1.29, 1.82) is 0 Å². The Morgan fingerprint density at radius 1 is 1.48 bits per heavy atom. The summed E-state index contributed by atoms with van der Waals surface area (Å²) < 4.78 is 18.7. The highest BCUT2D eigenvalue weighted by molar-refractivity contribution is 5.72. The molecule has 0 saturated carbocycles. The minimum atomic E-state index is -0.525. The molecular formula is C15H20FN3O2. The van der Waals surface area contributed by atoms with Crippen LogP contribution >= 0.6 is 0 Å². The molecule has 1 amide bonds. The monoisotopic (exact) mass is 293 g/mol. The van der Waals surface area contributed by atoms with E-state index in [4.69, 9.17) is 10.5 Å². The number of halogens is 1. The molecule has 2 heterocycles. The van der Waals surface area contributed by atoms with Crippen LogP contribution in [-0.2, 0) is 4.74 Å². The van der Waals surface area contributed by atoms with Crippen LogP contribution in [0.25, 0.3) is 5.57 Å². The number of aromatic nitrogens is 1. The molecule has 2 N–H and O–H groups in total. The fourth-order valence-corrected chi connectivity index (χ4v) is 2.05. The summed E-state index contributed by atoms with van der Waals surface area (Å²) in [6.45, 7) is 6.47. The van der Waals surface area contributed by atoms with Crippen LogP contribution in [0.15, 0.2) is 18.3 Å². The van der Waals surface area contributed by atoms with Gasteiger partial charge in [-0.1, -0.05) is 6.08 Å². The number of amides is 1. The van der Waals surface area contributed by atoms with E-state index in [9.17, 15) is 9.18 Å². The van der Waals surface area contributed by atoms with E-state index < -0.39 is 11.4 Å². The Kier molecular flexibility index (Phi) is 4.16. The first-order valence-corrected chi connectivity index (χ1v) is 6.84. The van der Waals surface area contributed by atoms with Crippen LogP contribution in [0.4, 0.5) is 15.0 Å². The highest BCUT2D eigenvalue weighted by atomic mass is 19.1. The first kappa shape index (κ1) is 15.3. The predicted octanol–water partition coefficient (Wildman–Crippen LogP) is 2.83. The van der Waals surface area contributed by atoms with Crippen molar-refractivity contribution >= 4 is 17.5 Å². The summed E-state index contributed by atoms with van der Waals surface area (Å²) in [4.78, 5) is 17.4. The molecule has 2 rings (SSSR count). The average Bonchev–Trinajstić information content (AvgIpc) is 2.40. The minimum Gasteiger partial charge on any atom is -0.444 e. The molecule has 0 aromatic carbocycles. The zero-order chi connectivity index (χ0) is 15.6. The maximum atomic E-state index is 13.4. The van der Waals surface area contributed by atoms with Crippen LogP contribution < -0.4 is 5.73 Å². The van der Waals surface area contributed by atoms with Crippen molar-refractivity contribution in [3.05, 3.63) is 29.7 Å². The van der Waals surface area contributed by atoms with Crippen LogP contribution in [0.2, 0.25) is 0 Å². The highest BCUT2D eigenvalue weighted by Gasteiger charge is 2.24. The number of nitrogens with zero attached hydrogens (tertiary/aromatic N) is 2. The van der Waals surface area contributed by atoms with E-state index in [0.29, 0.717) is 25.1 Å². The summed E-state index contributed by atoms with van der Waals surface area (Å²) >= 11 is 0. The highest BCUT2D eigenvalue weighted by Crippen LogP contribution is 2.24.